The zero-order valence-electron chi connectivity index (χ0n) is 15.1. The molecule has 1 rings (SSSR count). The van der Waals surface area contributed by atoms with Crippen LogP contribution in [0.3, 0.4) is 0 Å². The first-order valence-electron chi connectivity index (χ1n) is 7.68. The number of amides is 1. The predicted octanol–water partition coefficient (Wildman–Crippen LogP) is 2.92. The van der Waals surface area contributed by atoms with E-state index in [4.69, 9.17) is 13.9 Å². The minimum absolute atomic E-state index is 0.0155. The second kappa shape index (κ2) is 6.47. The van der Waals surface area contributed by atoms with E-state index in [2.05, 4.69) is 33.9 Å². The van der Waals surface area contributed by atoms with E-state index in [0.717, 1.165) is 0 Å². The molecule has 0 bridgehead atoms. The van der Waals surface area contributed by atoms with E-state index in [1.807, 2.05) is 0 Å². The van der Waals surface area contributed by atoms with Crippen molar-refractivity contribution in [1.29, 1.82) is 0 Å². The number of nitrogens with zero attached hydrogens (tertiary/aromatic N) is 1. The summed E-state index contributed by atoms with van der Waals surface area (Å²) in [5, 5.41) is 10.0. The maximum atomic E-state index is 12.2. The van der Waals surface area contributed by atoms with Crippen LogP contribution in [0, 0.1) is 0 Å². The molecule has 0 aliphatic carbocycles. The second-order valence-corrected chi connectivity index (χ2v) is 13.1. The van der Waals surface area contributed by atoms with Crippen molar-refractivity contribution in [2.24, 2.45) is 0 Å². The lowest BCUT2D eigenvalue weighted by molar-refractivity contribution is -0.0725. The highest BCUT2D eigenvalue weighted by molar-refractivity contribution is 6.74. The van der Waals surface area contributed by atoms with Gasteiger partial charge in [-0.05, 0) is 38.9 Å². The average molecular weight is 334 g/mol. The van der Waals surface area contributed by atoms with E-state index < -0.39 is 32.3 Å². The molecule has 0 radical (unpaired) electrons. The third-order valence-corrected chi connectivity index (χ3v) is 8.66. The molecule has 1 aliphatic heterocycles. The van der Waals surface area contributed by atoms with Gasteiger partial charge in [0, 0.05) is 0 Å². The van der Waals surface area contributed by atoms with Gasteiger partial charge in [0.05, 0.1) is 6.61 Å². The molecule has 0 spiro atoms. The lowest BCUT2D eigenvalue weighted by atomic mass is 10.2. The number of aliphatic hydroxyl groups is 1. The van der Waals surface area contributed by atoms with Crippen LogP contribution in [0.2, 0.25) is 18.1 Å². The molecule has 1 saturated heterocycles. The van der Waals surface area contributed by atoms with Crippen molar-refractivity contribution >= 4 is 14.4 Å². The Morgan fingerprint density at radius 1 is 1.27 bits per heavy atom. The number of aliphatic hydroxyl groups excluding tert-OH is 1. The summed E-state index contributed by atoms with van der Waals surface area (Å²) in [7, 11) is -1.96. The number of rotatable bonds is 3. The molecule has 22 heavy (non-hydrogen) atoms. The molecule has 1 unspecified atom stereocenters. The van der Waals surface area contributed by atoms with Gasteiger partial charge in [-0.25, -0.2) is 4.79 Å². The van der Waals surface area contributed by atoms with Crippen molar-refractivity contribution in [2.75, 3.05) is 13.3 Å². The average Bonchev–Trinajstić information content (AvgIpc) is 2.64. The second-order valence-electron chi connectivity index (χ2n) is 8.28. The fourth-order valence-corrected chi connectivity index (χ4v) is 2.73. The summed E-state index contributed by atoms with van der Waals surface area (Å²) in [6, 6.07) is -0.538. The summed E-state index contributed by atoms with van der Waals surface area (Å²) >= 11 is 0. The van der Waals surface area contributed by atoms with E-state index in [0.29, 0.717) is 0 Å². The topological polar surface area (TPSA) is 68.2 Å². The van der Waals surface area contributed by atoms with E-state index in [-0.39, 0.29) is 18.4 Å². The lowest BCUT2D eigenvalue weighted by Gasteiger charge is -2.38. The summed E-state index contributed by atoms with van der Waals surface area (Å²) in [6.07, 6.45) is -1.54. The fourth-order valence-electron chi connectivity index (χ4n) is 1.71. The van der Waals surface area contributed by atoms with E-state index >= 15 is 0 Å². The summed E-state index contributed by atoms with van der Waals surface area (Å²) in [5.41, 5.74) is -0.588. The number of hydrogen-bond donors (Lipinski definition) is 1. The third kappa shape index (κ3) is 4.94. The predicted molar refractivity (Wildman–Crippen MR) is 87.0 cm³/mol. The minimum Gasteiger partial charge on any atom is -0.444 e. The van der Waals surface area contributed by atoms with Crippen LogP contribution < -0.4 is 0 Å². The number of hydrogen-bond acceptors (Lipinski definition) is 5. The maximum Gasteiger partial charge on any atom is 0.412 e. The van der Waals surface area contributed by atoms with E-state index in [9.17, 15) is 9.90 Å². The smallest absolute Gasteiger partial charge is 0.412 e. The Balaban J connectivity index is 2.72. The van der Waals surface area contributed by atoms with Gasteiger partial charge in [-0.1, -0.05) is 20.8 Å². The molecular formula is C15H31NO5Si. The third-order valence-electron chi connectivity index (χ3n) is 4.16. The van der Waals surface area contributed by atoms with Crippen molar-refractivity contribution in [3.63, 3.8) is 0 Å². The molecule has 1 heterocycles. The summed E-state index contributed by atoms with van der Waals surface area (Å²) in [5.74, 6) is 0. The van der Waals surface area contributed by atoms with Gasteiger partial charge in [-0.2, -0.15) is 0 Å². The summed E-state index contributed by atoms with van der Waals surface area (Å²) in [4.78, 5) is 13.6. The van der Waals surface area contributed by atoms with Crippen LogP contribution in [0.5, 0.6) is 0 Å². The Kier molecular flexibility index (Phi) is 5.71. The highest BCUT2D eigenvalue weighted by Gasteiger charge is 2.43. The van der Waals surface area contributed by atoms with Gasteiger partial charge in [0.1, 0.15) is 18.4 Å². The van der Waals surface area contributed by atoms with E-state index in [1.165, 1.54) is 4.90 Å². The van der Waals surface area contributed by atoms with E-state index in [1.54, 1.807) is 20.8 Å². The molecule has 0 aromatic carbocycles. The number of carbonyl (C=O) groups is 1. The normalized spacial score (nSPS) is 23.8. The first-order chi connectivity index (χ1) is 9.74. The van der Waals surface area contributed by atoms with Gasteiger partial charge in [-0.3, -0.25) is 4.90 Å². The monoisotopic (exact) mass is 333 g/mol. The molecule has 0 saturated carbocycles. The van der Waals surface area contributed by atoms with Gasteiger partial charge in [0.2, 0.25) is 0 Å². The Labute approximate surface area is 134 Å². The first-order valence-corrected chi connectivity index (χ1v) is 10.6. The van der Waals surface area contributed by atoms with Crippen LogP contribution in [0.1, 0.15) is 41.5 Å². The molecule has 0 aromatic rings. The Morgan fingerprint density at radius 2 is 1.82 bits per heavy atom. The van der Waals surface area contributed by atoms with Gasteiger partial charge in [-0.15, -0.1) is 0 Å². The Bertz CT molecular complexity index is 400. The van der Waals surface area contributed by atoms with Crippen molar-refractivity contribution in [3.8, 4) is 0 Å². The summed E-state index contributed by atoms with van der Waals surface area (Å²) in [6.45, 7) is 16.4. The first kappa shape index (κ1) is 19.4. The van der Waals surface area contributed by atoms with Crippen LogP contribution >= 0.6 is 0 Å². The van der Waals surface area contributed by atoms with Crippen LogP contribution in [-0.4, -0.2) is 55.7 Å². The Morgan fingerprint density at radius 3 is 2.27 bits per heavy atom. The molecule has 0 aromatic heterocycles. The molecule has 1 fully saturated rings. The molecule has 1 N–H and O–H groups in total. The van der Waals surface area contributed by atoms with Gasteiger partial charge in [0.25, 0.3) is 0 Å². The number of ether oxygens (including phenoxy) is 2. The lowest BCUT2D eigenvalue weighted by Crippen LogP contribution is -2.49. The van der Waals surface area contributed by atoms with Crippen molar-refractivity contribution in [3.05, 3.63) is 0 Å². The molecular weight excluding hydrogens is 302 g/mol. The molecule has 1 aliphatic rings. The van der Waals surface area contributed by atoms with Crippen LogP contribution in [0.25, 0.3) is 0 Å². The number of carbonyl (C=O) groups excluding carboxylic acids is 1. The highest BCUT2D eigenvalue weighted by atomic mass is 28.4. The zero-order valence-corrected chi connectivity index (χ0v) is 16.1. The Hall–Kier alpha value is -0.633. The van der Waals surface area contributed by atoms with Crippen LogP contribution in [-0.2, 0) is 13.9 Å². The van der Waals surface area contributed by atoms with Crippen molar-refractivity contribution < 1.29 is 23.8 Å². The summed E-state index contributed by atoms with van der Waals surface area (Å²) < 4.78 is 16.6. The van der Waals surface area contributed by atoms with Gasteiger partial charge < -0.3 is 19.0 Å². The van der Waals surface area contributed by atoms with Crippen molar-refractivity contribution in [2.45, 2.75) is 77.6 Å². The quantitative estimate of drug-likeness (QED) is 0.804. The molecule has 2 atom stereocenters. The SMILES string of the molecule is CC(C)(C)OC(=O)N1COC(O)[C@@H]1CO[Si](C)(C)C(C)(C)C. The van der Waals surface area contributed by atoms with Crippen LogP contribution in [0.4, 0.5) is 4.79 Å². The van der Waals surface area contributed by atoms with Gasteiger partial charge >= 0.3 is 6.09 Å². The molecule has 6 nitrogen and oxygen atoms in total. The largest absolute Gasteiger partial charge is 0.444 e. The zero-order chi connectivity index (χ0) is 17.3. The molecule has 1 amide bonds. The highest BCUT2D eigenvalue weighted by Crippen LogP contribution is 2.37. The standard InChI is InChI=1S/C15H31NO5Si/c1-14(2,3)21-13(18)16-10-19-12(17)11(16)9-20-22(7,8)15(4,5)6/h11-12,17H,9-10H2,1-8H3/t11-,12?/m0/s1. The maximum absolute atomic E-state index is 12.2. The molecule has 7 heteroatoms. The molecule has 130 valence electrons. The van der Waals surface area contributed by atoms with Crippen molar-refractivity contribution in [1.82, 2.24) is 4.90 Å². The van der Waals surface area contributed by atoms with Crippen LogP contribution in [0.15, 0.2) is 0 Å². The minimum atomic E-state index is -1.96. The fraction of sp³-hybridized carbons (Fsp3) is 0.933. The van der Waals surface area contributed by atoms with Gasteiger partial charge in [0.15, 0.2) is 14.6 Å².